The highest BCUT2D eigenvalue weighted by atomic mass is 35.5. The van der Waals surface area contributed by atoms with Gasteiger partial charge in [0.1, 0.15) is 4.88 Å². The van der Waals surface area contributed by atoms with Gasteiger partial charge in [-0.25, -0.2) is 4.98 Å². The number of hydrogen-bond acceptors (Lipinski definition) is 4. The maximum Gasteiger partial charge on any atom is 0.263 e. The number of carbonyl (C=O) groups excluding carboxylic acids is 1. The van der Waals surface area contributed by atoms with Crippen molar-refractivity contribution in [1.29, 1.82) is 0 Å². The first-order valence-electron chi connectivity index (χ1n) is 7.88. The van der Waals surface area contributed by atoms with E-state index in [0.717, 1.165) is 35.1 Å². The number of thiazole rings is 1. The van der Waals surface area contributed by atoms with Gasteiger partial charge < -0.3 is 10.6 Å². The molecule has 1 saturated carbocycles. The molecular weight excluding hydrogens is 353 g/mol. The molecule has 1 aliphatic carbocycles. The van der Waals surface area contributed by atoms with Gasteiger partial charge in [0.2, 0.25) is 0 Å². The third kappa shape index (κ3) is 5.18. The van der Waals surface area contributed by atoms with Gasteiger partial charge in [0.25, 0.3) is 5.91 Å². The lowest BCUT2D eigenvalue weighted by molar-refractivity contribution is 0.0960. The molecule has 130 valence electrons. The average Bonchev–Trinajstić information content (AvgIpc) is 3.15. The molecule has 1 aliphatic heterocycles. The summed E-state index contributed by atoms with van der Waals surface area (Å²) >= 11 is 1.60. The van der Waals surface area contributed by atoms with Crippen molar-refractivity contribution in [2.75, 3.05) is 19.6 Å². The van der Waals surface area contributed by atoms with E-state index in [4.69, 9.17) is 0 Å². The summed E-state index contributed by atoms with van der Waals surface area (Å²) < 4.78 is 0. The van der Waals surface area contributed by atoms with Crippen LogP contribution >= 0.6 is 36.2 Å². The fourth-order valence-corrected chi connectivity index (χ4v) is 4.23. The average molecular weight is 378 g/mol. The molecule has 1 fully saturated rings. The second-order valence-corrected chi connectivity index (χ2v) is 6.98. The summed E-state index contributed by atoms with van der Waals surface area (Å²) in [6, 6.07) is 0. The maximum atomic E-state index is 12.4. The number of halogens is 2. The van der Waals surface area contributed by atoms with Crippen LogP contribution in [-0.4, -0.2) is 30.5 Å². The first-order chi connectivity index (χ1) is 10.2. The Labute approximate surface area is 154 Å². The Bertz CT molecular complexity index is 554. The molecule has 0 aromatic carbocycles. The van der Waals surface area contributed by atoms with Crippen molar-refractivity contribution < 1.29 is 4.79 Å². The van der Waals surface area contributed by atoms with Gasteiger partial charge in [0.15, 0.2) is 0 Å². The summed E-state index contributed by atoms with van der Waals surface area (Å²) in [6.07, 6.45) is 8.25. The van der Waals surface area contributed by atoms with Crippen molar-refractivity contribution >= 4 is 42.1 Å². The van der Waals surface area contributed by atoms with Gasteiger partial charge in [-0.2, -0.15) is 0 Å². The van der Waals surface area contributed by atoms with Gasteiger partial charge in [-0.05, 0) is 32.7 Å². The summed E-state index contributed by atoms with van der Waals surface area (Å²) in [5, 5.41) is 7.49. The van der Waals surface area contributed by atoms with Gasteiger partial charge in [-0.15, -0.1) is 36.2 Å². The number of amides is 1. The molecule has 2 aliphatic rings. The van der Waals surface area contributed by atoms with Crippen molar-refractivity contribution in [3.05, 3.63) is 27.2 Å². The van der Waals surface area contributed by atoms with Crippen molar-refractivity contribution in [3.8, 4) is 0 Å². The molecule has 0 saturated heterocycles. The molecular formula is C16H25Cl2N3OS. The summed E-state index contributed by atoms with van der Waals surface area (Å²) in [5.41, 5.74) is 2.21. The first-order valence-corrected chi connectivity index (χ1v) is 8.70. The van der Waals surface area contributed by atoms with Gasteiger partial charge in [-0.1, -0.05) is 24.5 Å². The van der Waals surface area contributed by atoms with Crippen LogP contribution in [0.5, 0.6) is 0 Å². The van der Waals surface area contributed by atoms with E-state index >= 15 is 0 Å². The quantitative estimate of drug-likeness (QED) is 0.788. The van der Waals surface area contributed by atoms with E-state index in [9.17, 15) is 4.79 Å². The summed E-state index contributed by atoms with van der Waals surface area (Å²) in [7, 11) is 0. The van der Waals surface area contributed by atoms with Crippen molar-refractivity contribution in [1.82, 2.24) is 15.6 Å². The predicted molar refractivity (Wildman–Crippen MR) is 100 cm³/mol. The largest absolute Gasteiger partial charge is 0.348 e. The van der Waals surface area contributed by atoms with Gasteiger partial charge in [0, 0.05) is 19.0 Å². The van der Waals surface area contributed by atoms with Gasteiger partial charge in [-0.3, -0.25) is 4.79 Å². The molecule has 4 nitrogen and oxygen atoms in total. The molecule has 0 spiro atoms. The molecule has 0 radical (unpaired) electrons. The van der Waals surface area contributed by atoms with Crippen LogP contribution in [0.1, 0.15) is 58.4 Å². The van der Waals surface area contributed by atoms with Crippen LogP contribution in [-0.2, 0) is 0 Å². The molecule has 7 heteroatoms. The fraction of sp³-hybridized carbons (Fsp3) is 0.625. The monoisotopic (exact) mass is 377 g/mol. The van der Waals surface area contributed by atoms with Crippen LogP contribution in [0.15, 0.2) is 11.6 Å². The topological polar surface area (TPSA) is 54.0 Å². The molecule has 3 rings (SSSR count). The summed E-state index contributed by atoms with van der Waals surface area (Å²) in [4.78, 5) is 17.8. The Morgan fingerprint density at radius 2 is 2.13 bits per heavy atom. The van der Waals surface area contributed by atoms with E-state index in [1.54, 1.807) is 11.3 Å². The predicted octanol–water partition coefficient (Wildman–Crippen LogP) is 3.60. The number of hydrogen-bond donors (Lipinski definition) is 2. The molecule has 0 bridgehead atoms. The Kier molecular flexibility index (Phi) is 8.54. The zero-order valence-electron chi connectivity index (χ0n) is 13.4. The molecule has 23 heavy (non-hydrogen) atoms. The van der Waals surface area contributed by atoms with E-state index in [1.807, 2.05) is 6.92 Å². The Morgan fingerprint density at radius 3 is 2.78 bits per heavy atom. The minimum Gasteiger partial charge on any atom is -0.348 e. The van der Waals surface area contributed by atoms with Gasteiger partial charge >= 0.3 is 0 Å². The zero-order valence-corrected chi connectivity index (χ0v) is 15.8. The molecule has 2 heterocycles. The van der Waals surface area contributed by atoms with E-state index < -0.39 is 0 Å². The smallest absolute Gasteiger partial charge is 0.263 e. The number of aromatic nitrogens is 1. The SMILES string of the molecule is Cc1nc(C2CCCC2)sc1C(=O)NCC1=CCNCC1.Cl.Cl. The first kappa shape index (κ1) is 20.4. The molecule has 1 amide bonds. The molecule has 0 atom stereocenters. The standard InChI is InChI=1S/C16H23N3OS.2ClH/c1-11-14(21-16(19-11)13-4-2-3-5-13)15(20)18-10-12-6-8-17-9-7-12;;/h6,13,17H,2-5,7-10H2,1H3,(H,18,20);2*1H. The van der Waals surface area contributed by atoms with Crippen LogP contribution in [0, 0.1) is 6.92 Å². The van der Waals surface area contributed by atoms with E-state index in [1.165, 1.54) is 31.3 Å². The van der Waals surface area contributed by atoms with Crippen molar-refractivity contribution in [3.63, 3.8) is 0 Å². The zero-order chi connectivity index (χ0) is 14.7. The van der Waals surface area contributed by atoms with Gasteiger partial charge in [0.05, 0.1) is 10.7 Å². The maximum absolute atomic E-state index is 12.4. The third-order valence-corrected chi connectivity index (χ3v) is 5.68. The highest BCUT2D eigenvalue weighted by Crippen LogP contribution is 2.37. The molecule has 2 N–H and O–H groups in total. The van der Waals surface area contributed by atoms with E-state index in [2.05, 4.69) is 21.7 Å². The Hall–Kier alpha value is -0.620. The third-order valence-electron chi connectivity index (χ3n) is 4.36. The highest BCUT2D eigenvalue weighted by Gasteiger charge is 2.23. The number of rotatable bonds is 4. The van der Waals surface area contributed by atoms with Crippen LogP contribution in [0.3, 0.4) is 0 Å². The van der Waals surface area contributed by atoms with Crippen LogP contribution < -0.4 is 10.6 Å². The summed E-state index contributed by atoms with van der Waals surface area (Å²) in [5.74, 6) is 0.621. The minimum absolute atomic E-state index is 0. The number of nitrogens with one attached hydrogen (secondary N) is 2. The number of carbonyl (C=O) groups is 1. The fourth-order valence-electron chi connectivity index (χ4n) is 3.08. The van der Waals surface area contributed by atoms with Crippen LogP contribution in [0.2, 0.25) is 0 Å². The number of nitrogens with zero attached hydrogens (tertiary/aromatic N) is 1. The molecule has 1 aromatic rings. The second kappa shape index (κ2) is 9.62. The molecule has 0 unspecified atom stereocenters. The minimum atomic E-state index is 0. The lowest BCUT2D eigenvalue weighted by Gasteiger charge is -2.14. The number of aryl methyl sites for hydroxylation is 1. The summed E-state index contributed by atoms with van der Waals surface area (Å²) in [6.45, 7) is 4.54. The normalized spacial score (nSPS) is 17.9. The second-order valence-electron chi connectivity index (χ2n) is 5.95. The van der Waals surface area contributed by atoms with Crippen molar-refractivity contribution in [2.24, 2.45) is 0 Å². The van der Waals surface area contributed by atoms with E-state index in [0.29, 0.717) is 12.5 Å². The molecule has 1 aromatic heterocycles. The van der Waals surface area contributed by atoms with Crippen LogP contribution in [0.4, 0.5) is 0 Å². The van der Waals surface area contributed by atoms with Crippen molar-refractivity contribution in [2.45, 2.75) is 44.9 Å². The van der Waals surface area contributed by atoms with Crippen LogP contribution in [0.25, 0.3) is 0 Å². The highest BCUT2D eigenvalue weighted by molar-refractivity contribution is 7.13. The van der Waals surface area contributed by atoms with E-state index in [-0.39, 0.29) is 30.7 Å². The lowest BCUT2D eigenvalue weighted by atomic mass is 10.1. The Morgan fingerprint density at radius 1 is 1.39 bits per heavy atom. The lowest BCUT2D eigenvalue weighted by Crippen LogP contribution is -2.29. The Balaban J connectivity index is 0.00000132.